The number of nitro benzene ring substituents is 1. The molecule has 0 saturated heterocycles. The van der Waals surface area contributed by atoms with Crippen LogP contribution in [0.5, 0.6) is 5.75 Å². The van der Waals surface area contributed by atoms with Crippen molar-refractivity contribution in [3.8, 4) is 5.75 Å². The molecule has 0 fully saturated rings. The maximum Gasteiger partial charge on any atom is 0.342 e. The molecule has 0 aliphatic heterocycles. The number of nitro groups is 1. The number of aromatic carboxylic acids is 1. The summed E-state index contributed by atoms with van der Waals surface area (Å²) in [5, 5.41) is 27.4. The molecule has 80 valence electrons. The lowest BCUT2D eigenvalue weighted by atomic mass is 10.1. The molecule has 0 aromatic heterocycles. The van der Waals surface area contributed by atoms with Crippen molar-refractivity contribution in [2.45, 2.75) is 0 Å². The van der Waals surface area contributed by atoms with Crippen LogP contribution in [-0.2, 0) is 0 Å². The van der Waals surface area contributed by atoms with Crippen LogP contribution in [0.1, 0.15) is 10.4 Å². The van der Waals surface area contributed by atoms with E-state index >= 15 is 0 Å². The molecule has 1 aromatic rings. The number of rotatable bonds is 2. The zero-order valence-electron chi connectivity index (χ0n) is 6.90. The lowest BCUT2D eigenvalue weighted by Gasteiger charge is -2.02. The normalized spacial score (nSPS) is 10.0. The molecule has 15 heavy (non-hydrogen) atoms. The molecule has 8 heteroatoms. The monoisotopic (exact) mass is 219 g/mol. The van der Waals surface area contributed by atoms with Crippen LogP contribution in [0.25, 0.3) is 0 Å². The van der Waals surface area contributed by atoms with E-state index in [4.69, 9.17) is 10.2 Å². The molecule has 0 atom stereocenters. The lowest BCUT2D eigenvalue weighted by molar-refractivity contribution is -0.387. The van der Waals surface area contributed by atoms with Crippen molar-refractivity contribution in [3.05, 3.63) is 33.4 Å². The average molecular weight is 219 g/mol. The van der Waals surface area contributed by atoms with Gasteiger partial charge in [0.1, 0.15) is 5.56 Å². The number of carbonyl (C=O) groups is 1. The van der Waals surface area contributed by atoms with Gasteiger partial charge in [-0.25, -0.2) is 9.18 Å². The van der Waals surface area contributed by atoms with Gasteiger partial charge >= 0.3 is 11.7 Å². The third kappa shape index (κ3) is 1.68. The molecule has 0 aliphatic rings. The SMILES string of the molecule is O=C(O)c1c(F)c(O)cc([N+](=O)[O-])c1F. The Morgan fingerprint density at radius 1 is 1.40 bits per heavy atom. The highest BCUT2D eigenvalue weighted by molar-refractivity contribution is 5.89. The Balaban J connectivity index is 3.63. The van der Waals surface area contributed by atoms with Crippen molar-refractivity contribution in [2.24, 2.45) is 0 Å². The van der Waals surface area contributed by atoms with E-state index < -0.39 is 39.5 Å². The van der Waals surface area contributed by atoms with Crippen molar-refractivity contribution in [1.29, 1.82) is 0 Å². The fraction of sp³-hybridized carbons (Fsp3) is 0. The first-order chi connectivity index (χ1) is 6.86. The highest BCUT2D eigenvalue weighted by Gasteiger charge is 2.29. The Morgan fingerprint density at radius 3 is 2.33 bits per heavy atom. The molecule has 1 aromatic carbocycles. The van der Waals surface area contributed by atoms with Gasteiger partial charge in [0, 0.05) is 0 Å². The molecule has 0 saturated carbocycles. The fourth-order valence-electron chi connectivity index (χ4n) is 0.929. The Bertz CT molecular complexity index is 459. The minimum Gasteiger partial charge on any atom is -0.505 e. The number of phenols is 1. The van der Waals surface area contributed by atoms with Crippen LogP contribution in [0.2, 0.25) is 0 Å². The molecule has 2 N–H and O–H groups in total. The molecule has 1 rings (SSSR count). The summed E-state index contributed by atoms with van der Waals surface area (Å²) >= 11 is 0. The number of aromatic hydroxyl groups is 1. The largest absolute Gasteiger partial charge is 0.505 e. The number of nitrogens with zero attached hydrogens (tertiary/aromatic N) is 1. The van der Waals surface area contributed by atoms with Crippen molar-refractivity contribution < 1.29 is 28.7 Å². The van der Waals surface area contributed by atoms with Crippen LogP contribution in [0.3, 0.4) is 0 Å². The van der Waals surface area contributed by atoms with E-state index in [9.17, 15) is 23.7 Å². The predicted molar refractivity (Wildman–Crippen MR) is 41.6 cm³/mol. The van der Waals surface area contributed by atoms with Gasteiger partial charge in [-0.15, -0.1) is 0 Å². The third-order valence-electron chi connectivity index (χ3n) is 1.57. The number of benzene rings is 1. The topological polar surface area (TPSA) is 101 Å². The van der Waals surface area contributed by atoms with E-state index in [0.717, 1.165) is 0 Å². The van der Waals surface area contributed by atoms with Crippen molar-refractivity contribution in [1.82, 2.24) is 0 Å². The molecule has 0 bridgehead atoms. The number of hydrogen-bond acceptors (Lipinski definition) is 4. The zero-order valence-corrected chi connectivity index (χ0v) is 6.90. The van der Waals surface area contributed by atoms with Crippen LogP contribution >= 0.6 is 0 Å². The zero-order chi connectivity index (χ0) is 11.7. The molecule has 0 spiro atoms. The summed E-state index contributed by atoms with van der Waals surface area (Å²) in [6.07, 6.45) is 0. The summed E-state index contributed by atoms with van der Waals surface area (Å²) in [7, 11) is 0. The minimum atomic E-state index is -2.04. The van der Waals surface area contributed by atoms with Gasteiger partial charge in [-0.05, 0) is 0 Å². The predicted octanol–water partition coefficient (Wildman–Crippen LogP) is 1.28. The van der Waals surface area contributed by atoms with Crippen LogP contribution < -0.4 is 0 Å². The van der Waals surface area contributed by atoms with E-state index in [1.165, 1.54) is 0 Å². The van der Waals surface area contributed by atoms with E-state index in [1.807, 2.05) is 0 Å². The first-order valence-electron chi connectivity index (χ1n) is 3.45. The molecule has 0 heterocycles. The minimum absolute atomic E-state index is 0.205. The van der Waals surface area contributed by atoms with Crippen molar-refractivity contribution >= 4 is 11.7 Å². The van der Waals surface area contributed by atoms with Gasteiger partial charge in [-0.2, -0.15) is 4.39 Å². The second kappa shape index (κ2) is 3.48. The van der Waals surface area contributed by atoms with Crippen LogP contribution in [0.15, 0.2) is 6.07 Å². The molecule has 6 nitrogen and oxygen atoms in total. The van der Waals surface area contributed by atoms with Crippen LogP contribution in [0, 0.1) is 21.7 Å². The lowest BCUT2D eigenvalue weighted by Crippen LogP contribution is -2.07. The van der Waals surface area contributed by atoms with Gasteiger partial charge in [0.05, 0.1) is 11.0 Å². The Kier molecular flexibility index (Phi) is 2.51. The summed E-state index contributed by atoms with van der Waals surface area (Å²) in [4.78, 5) is 19.3. The smallest absolute Gasteiger partial charge is 0.342 e. The first-order valence-corrected chi connectivity index (χ1v) is 3.45. The van der Waals surface area contributed by atoms with Gasteiger partial charge < -0.3 is 10.2 Å². The van der Waals surface area contributed by atoms with Gasteiger partial charge in [0.15, 0.2) is 11.6 Å². The standard InChI is InChI=1S/C7H3F2NO5/c8-5-2(10(14)15)1-3(11)6(9)4(5)7(12)13/h1,11H,(H,12,13). The van der Waals surface area contributed by atoms with Crippen molar-refractivity contribution in [2.75, 3.05) is 0 Å². The molecule has 0 amide bonds. The van der Waals surface area contributed by atoms with E-state index in [-0.39, 0.29) is 6.07 Å². The fourth-order valence-corrected chi connectivity index (χ4v) is 0.929. The number of halogens is 2. The van der Waals surface area contributed by atoms with Gasteiger partial charge in [0.25, 0.3) is 0 Å². The molecular formula is C7H3F2NO5. The second-order valence-corrected chi connectivity index (χ2v) is 2.48. The Labute approximate surface area is 80.5 Å². The van der Waals surface area contributed by atoms with E-state index in [1.54, 1.807) is 0 Å². The average Bonchev–Trinajstić information content (AvgIpc) is 2.10. The Morgan fingerprint density at radius 2 is 1.93 bits per heavy atom. The summed E-state index contributed by atoms with van der Waals surface area (Å²) in [5.74, 6) is -6.90. The summed E-state index contributed by atoms with van der Waals surface area (Å²) in [5.41, 5.74) is -2.85. The number of carboxylic acid groups (broad SMARTS) is 1. The second-order valence-electron chi connectivity index (χ2n) is 2.48. The quantitative estimate of drug-likeness (QED) is 0.576. The van der Waals surface area contributed by atoms with Crippen molar-refractivity contribution in [3.63, 3.8) is 0 Å². The highest BCUT2D eigenvalue weighted by Crippen LogP contribution is 2.30. The van der Waals surface area contributed by atoms with Gasteiger partial charge in [0.2, 0.25) is 5.82 Å². The summed E-state index contributed by atoms with van der Waals surface area (Å²) < 4.78 is 25.9. The first kappa shape index (κ1) is 10.8. The molecule has 0 unspecified atom stereocenters. The maximum atomic E-state index is 13.0. The number of hydrogen-bond donors (Lipinski definition) is 2. The molecule has 0 aliphatic carbocycles. The van der Waals surface area contributed by atoms with Gasteiger partial charge in [-0.1, -0.05) is 0 Å². The third-order valence-corrected chi connectivity index (χ3v) is 1.57. The number of phenolic OH excluding ortho intramolecular Hbond substituents is 1. The molecule has 0 radical (unpaired) electrons. The van der Waals surface area contributed by atoms with Crippen LogP contribution in [0.4, 0.5) is 14.5 Å². The highest BCUT2D eigenvalue weighted by atomic mass is 19.1. The van der Waals surface area contributed by atoms with E-state index in [2.05, 4.69) is 0 Å². The van der Waals surface area contributed by atoms with Crippen LogP contribution in [-0.4, -0.2) is 21.1 Å². The van der Waals surface area contributed by atoms with Gasteiger partial charge in [-0.3, -0.25) is 10.1 Å². The Hall–Kier alpha value is -2.25. The van der Waals surface area contributed by atoms with E-state index in [0.29, 0.717) is 0 Å². The summed E-state index contributed by atoms with van der Waals surface area (Å²) in [6, 6.07) is 0.205. The molecular weight excluding hydrogens is 216 g/mol. The summed E-state index contributed by atoms with van der Waals surface area (Å²) in [6.45, 7) is 0. The maximum absolute atomic E-state index is 13.0. The number of carboxylic acids is 1.